The lowest BCUT2D eigenvalue weighted by Crippen LogP contribution is -2.21. The summed E-state index contributed by atoms with van der Waals surface area (Å²) in [7, 11) is 0. The first-order valence-corrected chi connectivity index (χ1v) is 4.40. The van der Waals surface area contributed by atoms with E-state index in [0.29, 0.717) is 19.3 Å². The van der Waals surface area contributed by atoms with Crippen LogP contribution in [0.2, 0.25) is 0 Å². The molecule has 1 rings (SSSR count). The number of nitro groups is 1. The molecule has 1 aliphatic rings. The van der Waals surface area contributed by atoms with E-state index >= 15 is 0 Å². The maximum absolute atomic E-state index is 11.3. The van der Waals surface area contributed by atoms with Crippen molar-refractivity contribution in [3.05, 3.63) is 22.8 Å². The second-order valence-corrected chi connectivity index (χ2v) is 3.41. The number of carbonyl (C=O) groups is 1. The van der Waals surface area contributed by atoms with Gasteiger partial charge in [-0.15, -0.1) is 6.58 Å². The zero-order chi connectivity index (χ0) is 9.84. The van der Waals surface area contributed by atoms with E-state index in [9.17, 15) is 14.9 Å². The zero-order valence-electron chi connectivity index (χ0n) is 7.44. The minimum atomic E-state index is -0.334. The maximum Gasteiger partial charge on any atom is 0.207 e. The molecule has 0 radical (unpaired) electrons. The molecule has 0 unspecified atom stereocenters. The molecule has 0 aliphatic heterocycles. The van der Waals surface area contributed by atoms with Crippen LogP contribution in [0.5, 0.6) is 0 Å². The molecule has 0 bridgehead atoms. The molecule has 0 aromatic rings. The van der Waals surface area contributed by atoms with Crippen molar-refractivity contribution < 1.29 is 9.72 Å². The smallest absolute Gasteiger partial charge is 0.207 e. The SMILES string of the molecule is C=CC[C@@H]1C(=O)CC[C@H]1C[N+](=O)[O-]. The molecule has 0 aromatic carbocycles. The van der Waals surface area contributed by atoms with Crippen LogP contribution in [0.25, 0.3) is 0 Å². The third-order valence-electron chi connectivity index (χ3n) is 2.55. The third-order valence-corrected chi connectivity index (χ3v) is 2.55. The molecule has 0 saturated heterocycles. The van der Waals surface area contributed by atoms with Gasteiger partial charge in [-0.05, 0) is 12.8 Å². The van der Waals surface area contributed by atoms with Crippen molar-refractivity contribution in [1.82, 2.24) is 0 Å². The van der Waals surface area contributed by atoms with Gasteiger partial charge in [0.25, 0.3) is 0 Å². The summed E-state index contributed by atoms with van der Waals surface area (Å²) < 4.78 is 0. The molecule has 2 atom stereocenters. The van der Waals surface area contributed by atoms with Crippen LogP contribution < -0.4 is 0 Å². The largest absolute Gasteiger partial charge is 0.299 e. The Hall–Kier alpha value is -1.19. The molecule has 1 saturated carbocycles. The Balaban J connectivity index is 2.58. The molecule has 72 valence electrons. The highest BCUT2D eigenvalue weighted by Gasteiger charge is 2.36. The summed E-state index contributed by atoms with van der Waals surface area (Å²) in [6.07, 6.45) is 3.41. The molecule has 4 heteroatoms. The van der Waals surface area contributed by atoms with Gasteiger partial charge < -0.3 is 0 Å². The van der Waals surface area contributed by atoms with E-state index < -0.39 is 0 Å². The lowest BCUT2D eigenvalue weighted by atomic mass is 9.92. The number of Topliss-reactive ketones (excluding diaryl/α,β-unsaturated/α-hetero) is 1. The Labute approximate surface area is 76.8 Å². The van der Waals surface area contributed by atoms with Crippen molar-refractivity contribution in [1.29, 1.82) is 0 Å². The quantitative estimate of drug-likeness (QED) is 0.376. The first-order valence-electron chi connectivity index (χ1n) is 4.40. The van der Waals surface area contributed by atoms with Gasteiger partial charge in [-0.1, -0.05) is 6.08 Å². The second kappa shape index (κ2) is 4.16. The number of rotatable bonds is 4. The monoisotopic (exact) mass is 183 g/mol. The summed E-state index contributed by atoms with van der Waals surface area (Å²) >= 11 is 0. The van der Waals surface area contributed by atoms with Gasteiger partial charge in [-0.25, -0.2) is 0 Å². The van der Waals surface area contributed by atoms with Crippen molar-refractivity contribution in [3.63, 3.8) is 0 Å². The van der Waals surface area contributed by atoms with Gasteiger partial charge in [-0.2, -0.15) is 0 Å². The second-order valence-electron chi connectivity index (χ2n) is 3.41. The minimum absolute atomic E-state index is 0.0690. The maximum atomic E-state index is 11.3. The molecule has 0 aromatic heterocycles. The lowest BCUT2D eigenvalue weighted by molar-refractivity contribution is -0.489. The van der Waals surface area contributed by atoms with Crippen LogP contribution in [-0.2, 0) is 4.79 Å². The van der Waals surface area contributed by atoms with Crippen molar-refractivity contribution in [2.24, 2.45) is 11.8 Å². The average molecular weight is 183 g/mol. The fraction of sp³-hybridized carbons (Fsp3) is 0.667. The Morgan fingerprint density at radius 3 is 2.92 bits per heavy atom. The number of allylic oxidation sites excluding steroid dienone is 1. The van der Waals surface area contributed by atoms with Crippen LogP contribution in [0.15, 0.2) is 12.7 Å². The molecule has 1 fully saturated rings. The molecule has 4 nitrogen and oxygen atoms in total. The summed E-state index contributed by atoms with van der Waals surface area (Å²) in [5, 5.41) is 10.3. The van der Waals surface area contributed by atoms with Crippen molar-refractivity contribution >= 4 is 5.78 Å². The van der Waals surface area contributed by atoms with Gasteiger partial charge in [0.15, 0.2) is 0 Å². The molecule has 0 amide bonds. The first-order chi connectivity index (χ1) is 6.15. The normalized spacial score (nSPS) is 27.5. The Morgan fingerprint density at radius 2 is 2.38 bits per heavy atom. The van der Waals surface area contributed by atoms with E-state index in [4.69, 9.17) is 0 Å². The van der Waals surface area contributed by atoms with E-state index in [2.05, 4.69) is 6.58 Å². The predicted molar refractivity (Wildman–Crippen MR) is 47.9 cm³/mol. The molecule has 1 aliphatic carbocycles. The number of hydrogen-bond acceptors (Lipinski definition) is 3. The van der Waals surface area contributed by atoms with Crippen molar-refractivity contribution in [3.8, 4) is 0 Å². The van der Waals surface area contributed by atoms with Gasteiger partial charge in [-0.3, -0.25) is 14.9 Å². The van der Waals surface area contributed by atoms with Gasteiger partial charge in [0.05, 0.1) is 0 Å². The van der Waals surface area contributed by atoms with E-state index in [0.717, 1.165) is 0 Å². The molecular weight excluding hydrogens is 170 g/mol. The Morgan fingerprint density at radius 1 is 1.69 bits per heavy atom. The van der Waals surface area contributed by atoms with E-state index in [1.807, 2.05) is 0 Å². The zero-order valence-corrected chi connectivity index (χ0v) is 7.44. The highest BCUT2D eigenvalue weighted by atomic mass is 16.6. The summed E-state index contributed by atoms with van der Waals surface area (Å²) in [6.45, 7) is 3.47. The fourth-order valence-corrected chi connectivity index (χ4v) is 1.89. The van der Waals surface area contributed by atoms with Crippen LogP contribution in [0, 0.1) is 22.0 Å². The third kappa shape index (κ3) is 2.37. The minimum Gasteiger partial charge on any atom is -0.299 e. The fourth-order valence-electron chi connectivity index (χ4n) is 1.89. The van der Waals surface area contributed by atoms with Crippen LogP contribution in [0.3, 0.4) is 0 Å². The van der Waals surface area contributed by atoms with E-state index in [-0.39, 0.29) is 29.1 Å². The average Bonchev–Trinajstić information content (AvgIpc) is 2.35. The van der Waals surface area contributed by atoms with Gasteiger partial charge in [0.2, 0.25) is 6.54 Å². The molecule has 13 heavy (non-hydrogen) atoms. The van der Waals surface area contributed by atoms with Crippen molar-refractivity contribution in [2.75, 3.05) is 6.54 Å². The molecule has 0 spiro atoms. The first kappa shape index (κ1) is 9.89. The molecule has 0 N–H and O–H groups in total. The van der Waals surface area contributed by atoms with Gasteiger partial charge >= 0.3 is 0 Å². The van der Waals surface area contributed by atoms with E-state index in [1.165, 1.54) is 0 Å². The summed E-state index contributed by atoms with van der Waals surface area (Å²) in [4.78, 5) is 21.2. The van der Waals surface area contributed by atoms with E-state index in [1.54, 1.807) is 6.08 Å². The number of hydrogen-bond donors (Lipinski definition) is 0. The summed E-state index contributed by atoms with van der Waals surface area (Å²) in [6, 6.07) is 0. The number of ketones is 1. The van der Waals surface area contributed by atoms with Crippen LogP contribution in [0.4, 0.5) is 0 Å². The predicted octanol–water partition coefficient (Wildman–Crippen LogP) is 1.43. The number of nitrogens with zero attached hydrogens (tertiary/aromatic N) is 1. The van der Waals surface area contributed by atoms with Crippen LogP contribution in [0.1, 0.15) is 19.3 Å². The topological polar surface area (TPSA) is 60.2 Å². The Bertz CT molecular complexity index is 237. The highest BCUT2D eigenvalue weighted by Crippen LogP contribution is 2.31. The summed E-state index contributed by atoms with van der Waals surface area (Å²) in [5.74, 6) is -0.0600. The summed E-state index contributed by atoms with van der Waals surface area (Å²) in [5.41, 5.74) is 0. The van der Waals surface area contributed by atoms with Crippen molar-refractivity contribution in [2.45, 2.75) is 19.3 Å². The number of carbonyl (C=O) groups excluding carboxylic acids is 1. The highest BCUT2D eigenvalue weighted by molar-refractivity contribution is 5.83. The van der Waals surface area contributed by atoms with Crippen LogP contribution >= 0.6 is 0 Å². The van der Waals surface area contributed by atoms with Crippen LogP contribution in [-0.4, -0.2) is 17.3 Å². The molecular formula is C9H13NO3. The Kier molecular flexibility index (Phi) is 3.17. The lowest BCUT2D eigenvalue weighted by Gasteiger charge is -2.11. The molecule has 0 heterocycles. The van der Waals surface area contributed by atoms with Gasteiger partial charge in [0.1, 0.15) is 5.78 Å². The standard InChI is InChI=1S/C9H13NO3/c1-2-3-8-7(6-10(12)13)4-5-9(8)11/h2,7-8H,1,3-6H2/t7-,8-/m0/s1. The van der Waals surface area contributed by atoms with Gasteiger partial charge in [0, 0.05) is 23.2 Å².